The molecular formula is C8H18S2. The average Bonchev–Trinajstić information content (AvgIpc) is 2.00. The molecule has 0 rings (SSSR count). The van der Waals surface area contributed by atoms with Crippen molar-refractivity contribution in [2.45, 2.75) is 37.2 Å². The third-order valence-electron chi connectivity index (χ3n) is 1.82. The first-order valence-electron chi connectivity index (χ1n) is 3.85. The van der Waals surface area contributed by atoms with Crippen LogP contribution in [0.4, 0.5) is 0 Å². The summed E-state index contributed by atoms with van der Waals surface area (Å²) >= 11 is 4.01. The first-order chi connectivity index (χ1) is 4.79. The van der Waals surface area contributed by atoms with E-state index in [0.29, 0.717) is 0 Å². The van der Waals surface area contributed by atoms with E-state index >= 15 is 0 Å². The Morgan fingerprint density at radius 2 is 1.20 bits per heavy atom. The zero-order valence-corrected chi connectivity index (χ0v) is 9.02. The van der Waals surface area contributed by atoms with Crippen molar-refractivity contribution in [3.8, 4) is 0 Å². The van der Waals surface area contributed by atoms with E-state index in [1.807, 2.05) is 23.5 Å². The van der Waals surface area contributed by atoms with Crippen LogP contribution in [0.25, 0.3) is 0 Å². The first-order valence-corrected chi connectivity index (χ1v) is 6.43. The molecule has 0 amide bonds. The van der Waals surface area contributed by atoms with Crippen LogP contribution >= 0.6 is 23.5 Å². The molecule has 0 fully saturated rings. The van der Waals surface area contributed by atoms with Gasteiger partial charge >= 0.3 is 0 Å². The highest BCUT2D eigenvalue weighted by molar-refractivity contribution is 8.03. The van der Waals surface area contributed by atoms with Gasteiger partial charge in [0.05, 0.1) is 0 Å². The molecule has 0 nitrogen and oxygen atoms in total. The maximum absolute atomic E-state index is 2.28. The van der Waals surface area contributed by atoms with Crippen LogP contribution in [0.3, 0.4) is 0 Å². The van der Waals surface area contributed by atoms with Gasteiger partial charge in [0.15, 0.2) is 0 Å². The summed E-state index contributed by atoms with van der Waals surface area (Å²) in [7, 11) is 0. The van der Waals surface area contributed by atoms with Crippen LogP contribution in [0.5, 0.6) is 0 Å². The lowest BCUT2D eigenvalue weighted by molar-refractivity contribution is 0.740. The third kappa shape index (κ3) is 3.20. The zero-order valence-electron chi connectivity index (χ0n) is 7.39. The second-order valence-electron chi connectivity index (χ2n) is 2.36. The van der Waals surface area contributed by atoms with E-state index in [1.54, 1.807) is 0 Å². The fraction of sp³-hybridized carbons (Fsp3) is 1.00. The fourth-order valence-corrected chi connectivity index (χ4v) is 3.49. The van der Waals surface area contributed by atoms with Crippen molar-refractivity contribution in [2.24, 2.45) is 0 Å². The molecule has 2 unspecified atom stereocenters. The Morgan fingerprint density at radius 1 is 0.900 bits per heavy atom. The molecule has 0 aliphatic heterocycles. The van der Waals surface area contributed by atoms with Crippen LogP contribution in [0.15, 0.2) is 0 Å². The number of thioether (sulfide) groups is 2. The van der Waals surface area contributed by atoms with Gasteiger partial charge in [-0.3, -0.25) is 0 Å². The van der Waals surface area contributed by atoms with Gasteiger partial charge < -0.3 is 0 Å². The van der Waals surface area contributed by atoms with Crippen molar-refractivity contribution >= 4 is 23.5 Å². The molecule has 62 valence electrons. The van der Waals surface area contributed by atoms with Crippen LogP contribution in [0, 0.1) is 0 Å². The van der Waals surface area contributed by atoms with Gasteiger partial charge in [0.2, 0.25) is 0 Å². The molecule has 0 N–H and O–H groups in total. The molecule has 0 aromatic carbocycles. The van der Waals surface area contributed by atoms with Crippen molar-refractivity contribution in [3.63, 3.8) is 0 Å². The molecule has 0 aliphatic rings. The van der Waals surface area contributed by atoms with Crippen LogP contribution in [-0.4, -0.2) is 23.0 Å². The molecule has 0 saturated heterocycles. The molecule has 0 heterocycles. The van der Waals surface area contributed by atoms with Crippen LogP contribution in [-0.2, 0) is 0 Å². The Balaban J connectivity index is 3.70. The highest BCUT2D eigenvalue weighted by Gasteiger charge is 2.14. The van der Waals surface area contributed by atoms with E-state index in [-0.39, 0.29) is 0 Å². The lowest BCUT2D eigenvalue weighted by Crippen LogP contribution is -2.17. The van der Waals surface area contributed by atoms with Crippen molar-refractivity contribution in [2.75, 3.05) is 12.5 Å². The molecule has 2 heteroatoms. The van der Waals surface area contributed by atoms with Crippen LogP contribution in [0.1, 0.15) is 26.7 Å². The van der Waals surface area contributed by atoms with Crippen LogP contribution in [0.2, 0.25) is 0 Å². The van der Waals surface area contributed by atoms with Gasteiger partial charge in [-0.2, -0.15) is 23.5 Å². The van der Waals surface area contributed by atoms with E-state index in [4.69, 9.17) is 0 Å². The lowest BCUT2D eigenvalue weighted by atomic mass is 10.2. The summed E-state index contributed by atoms with van der Waals surface area (Å²) in [5.74, 6) is 0. The minimum Gasteiger partial charge on any atom is -0.161 e. The maximum atomic E-state index is 2.28. The second-order valence-corrected chi connectivity index (χ2v) is 4.52. The van der Waals surface area contributed by atoms with Gasteiger partial charge in [-0.05, 0) is 25.4 Å². The Bertz CT molecular complexity index is 55.7. The quantitative estimate of drug-likeness (QED) is 0.634. The van der Waals surface area contributed by atoms with Crippen molar-refractivity contribution in [1.29, 1.82) is 0 Å². The molecular weight excluding hydrogens is 160 g/mol. The summed E-state index contributed by atoms with van der Waals surface area (Å²) in [4.78, 5) is 0. The summed E-state index contributed by atoms with van der Waals surface area (Å²) in [6.07, 6.45) is 7.04. The smallest absolute Gasteiger partial charge is 0.0160 e. The van der Waals surface area contributed by atoms with E-state index < -0.39 is 0 Å². The van der Waals surface area contributed by atoms with E-state index in [9.17, 15) is 0 Å². The van der Waals surface area contributed by atoms with Gasteiger partial charge in [-0.15, -0.1) is 0 Å². The van der Waals surface area contributed by atoms with Crippen LogP contribution < -0.4 is 0 Å². The topological polar surface area (TPSA) is 0 Å². The normalized spacial score (nSPS) is 16.8. The highest BCUT2D eigenvalue weighted by Crippen LogP contribution is 2.25. The Morgan fingerprint density at radius 3 is 1.30 bits per heavy atom. The zero-order chi connectivity index (χ0) is 7.98. The summed E-state index contributed by atoms with van der Waals surface area (Å²) < 4.78 is 0. The van der Waals surface area contributed by atoms with E-state index in [1.165, 1.54) is 12.8 Å². The van der Waals surface area contributed by atoms with Gasteiger partial charge in [-0.1, -0.05) is 13.8 Å². The Hall–Kier alpha value is 0.700. The minimum absolute atomic E-state index is 0.861. The number of rotatable bonds is 5. The molecule has 10 heavy (non-hydrogen) atoms. The van der Waals surface area contributed by atoms with E-state index in [2.05, 4.69) is 26.4 Å². The summed E-state index contributed by atoms with van der Waals surface area (Å²) in [5.41, 5.74) is 0. The largest absolute Gasteiger partial charge is 0.161 e. The molecule has 0 saturated carbocycles. The minimum atomic E-state index is 0.861. The van der Waals surface area contributed by atoms with Gasteiger partial charge in [-0.25, -0.2) is 0 Å². The highest BCUT2D eigenvalue weighted by atomic mass is 32.2. The third-order valence-corrected chi connectivity index (χ3v) is 4.53. The average molecular weight is 178 g/mol. The molecule has 0 spiro atoms. The standard InChI is InChI=1S/C8H18S2/c1-5-7(9-3)8(6-2)10-4/h7-8H,5-6H2,1-4H3. The Kier molecular flexibility index (Phi) is 6.86. The lowest BCUT2D eigenvalue weighted by Gasteiger charge is -2.20. The van der Waals surface area contributed by atoms with Crippen molar-refractivity contribution in [1.82, 2.24) is 0 Å². The number of hydrogen-bond acceptors (Lipinski definition) is 2. The molecule has 0 bridgehead atoms. The first kappa shape index (κ1) is 10.7. The number of hydrogen-bond donors (Lipinski definition) is 0. The predicted octanol–water partition coefficient (Wildman–Crippen LogP) is 3.27. The predicted molar refractivity (Wildman–Crippen MR) is 55.2 cm³/mol. The summed E-state index contributed by atoms with van der Waals surface area (Å²) in [5, 5.41) is 1.72. The molecule has 0 aromatic rings. The van der Waals surface area contributed by atoms with Gasteiger partial charge in [0.25, 0.3) is 0 Å². The summed E-state index contributed by atoms with van der Waals surface area (Å²) in [6, 6.07) is 0. The Labute approximate surface area is 73.5 Å². The van der Waals surface area contributed by atoms with Crippen molar-refractivity contribution in [3.05, 3.63) is 0 Å². The summed E-state index contributed by atoms with van der Waals surface area (Å²) in [6.45, 7) is 4.56. The van der Waals surface area contributed by atoms with Gasteiger partial charge in [0, 0.05) is 10.5 Å². The molecule has 0 aliphatic carbocycles. The maximum Gasteiger partial charge on any atom is 0.0160 e. The van der Waals surface area contributed by atoms with Crippen molar-refractivity contribution < 1.29 is 0 Å². The fourth-order valence-electron chi connectivity index (χ4n) is 1.16. The molecule has 0 aromatic heterocycles. The van der Waals surface area contributed by atoms with E-state index in [0.717, 1.165) is 10.5 Å². The molecule has 2 atom stereocenters. The molecule has 0 radical (unpaired) electrons. The SMILES string of the molecule is CCC(SC)C(CC)SC. The van der Waals surface area contributed by atoms with Gasteiger partial charge in [0.1, 0.15) is 0 Å². The second kappa shape index (κ2) is 6.41. The monoisotopic (exact) mass is 178 g/mol.